The number of hydrogen-bond donors (Lipinski definition) is 2. The van der Waals surface area contributed by atoms with E-state index >= 15 is 0 Å². The van der Waals surface area contributed by atoms with Gasteiger partial charge in [-0.25, -0.2) is 9.18 Å². The Balaban J connectivity index is 1.73. The van der Waals surface area contributed by atoms with Gasteiger partial charge in [-0.1, -0.05) is 42.5 Å². The third-order valence-electron chi connectivity index (χ3n) is 5.99. The normalized spacial score (nSPS) is 13.0. The first-order chi connectivity index (χ1) is 15.9. The van der Waals surface area contributed by atoms with Crippen molar-refractivity contribution in [2.45, 2.75) is 25.9 Å². The van der Waals surface area contributed by atoms with Crippen LogP contribution in [-0.2, 0) is 0 Å². The molecule has 0 unspecified atom stereocenters. The molecule has 4 nitrogen and oxygen atoms in total. The van der Waals surface area contributed by atoms with Crippen molar-refractivity contribution in [2.75, 3.05) is 7.11 Å². The Bertz CT molecular complexity index is 1320. The third-order valence-corrected chi connectivity index (χ3v) is 5.99. The third kappa shape index (κ3) is 4.73. The summed E-state index contributed by atoms with van der Waals surface area (Å²) in [6.07, 6.45) is 0. The van der Waals surface area contributed by atoms with Crippen LogP contribution in [0.5, 0.6) is 5.75 Å². The predicted octanol–water partition coefficient (Wildman–Crippen LogP) is 6.76. The predicted molar refractivity (Wildman–Crippen MR) is 129 cm³/mol. The molecule has 4 aromatic rings. The number of nitrogens with one attached hydrogen (secondary N) is 1. The highest BCUT2D eigenvalue weighted by atomic mass is 19.1. The van der Waals surface area contributed by atoms with Crippen molar-refractivity contribution in [1.82, 2.24) is 5.32 Å². The number of carbonyl (C=O) groups is 1. The van der Waals surface area contributed by atoms with Crippen LogP contribution in [-0.4, -0.2) is 18.2 Å². The zero-order valence-corrected chi connectivity index (χ0v) is 18.8. The number of carboxylic acid groups (broad SMARTS) is 1. The minimum Gasteiger partial charge on any atom is -0.497 e. The van der Waals surface area contributed by atoms with E-state index in [0.717, 1.165) is 33.2 Å². The minimum absolute atomic E-state index is 0.00829. The molecule has 0 aliphatic rings. The summed E-state index contributed by atoms with van der Waals surface area (Å²) in [5.74, 6) is -1.21. The monoisotopic (exact) mass is 443 g/mol. The van der Waals surface area contributed by atoms with Crippen LogP contribution in [0.25, 0.3) is 21.9 Å². The average Bonchev–Trinajstić information content (AvgIpc) is 2.83. The standard InChI is InChI=1S/C28H26FNO3/c1-17(19-8-6-9-23(14-19)33-3)30-18(2)22-13-20-7-4-5-10-24(20)25(16-22)21-11-12-27(29)26(15-21)28(31)32/h4-18,30H,1-3H3,(H,31,32)/t17-,18+/m1/s1. The van der Waals surface area contributed by atoms with Crippen LogP contribution in [0.15, 0.2) is 78.9 Å². The summed E-state index contributed by atoms with van der Waals surface area (Å²) in [6.45, 7) is 4.20. The Morgan fingerprint density at radius 2 is 1.67 bits per heavy atom. The second-order valence-electron chi connectivity index (χ2n) is 8.18. The molecule has 33 heavy (non-hydrogen) atoms. The highest BCUT2D eigenvalue weighted by Crippen LogP contribution is 2.34. The van der Waals surface area contributed by atoms with Crippen LogP contribution in [0.3, 0.4) is 0 Å². The van der Waals surface area contributed by atoms with Crippen LogP contribution in [0.2, 0.25) is 0 Å². The van der Waals surface area contributed by atoms with E-state index in [1.165, 1.54) is 12.1 Å². The van der Waals surface area contributed by atoms with E-state index in [1.807, 2.05) is 42.5 Å². The van der Waals surface area contributed by atoms with E-state index in [9.17, 15) is 14.3 Å². The molecule has 0 saturated carbocycles. The fourth-order valence-corrected chi connectivity index (χ4v) is 4.16. The first-order valence-electron chi connectivity index (χ1n) is 10.8. The van der Waals surface area contributed by atoms with Gasteiger partial charge in [-0.15, -0.1) is 0 Å². The molecule has 4 aromatic carbocycles. The van der Waals surface area contributed by atoms with Gasteiger partial charge in [-0.2, -0.15) is 0 Å². The van der Waals surface area contributed by atoms with Crippen LogP contribution >= 0.6 is 0 Å². The SMILES string of the molecule is COc1cccc([C@@H](C)N[C@@H](C)c2cc(-c3ccc(F)c(C(=O)O)c3)c3ccccc3c2)c1. The Kier molecular flexibility index (Phi) is 6.43. The van der Waals surface area contributed by atoms with Gasteiger partial charge >= 0.3 is 5.97 Å². The maximum Gasteiger partial charge on any atom is 0.338 e. The Labute approximate surface area is 192 Å². The molecule has 168 valence electrons. The molecule has 0 heterocycles. The first-order valence-corrected chi connectivity index (χ1v) is 10.8. The van der Waals surface area contributed by atoms with Gasteiger partial charge in [0.1, 0.15) is 11.6 Å². The summed E-state index contributed by atoms with van der Waals surface area (Å²) in [5, 5.41) is 15.0. The summed E-state index contributed by atoms with van der Waals surface area (Å²) in [7, 11) is 1.65. The molecule has 5 heteroatoms. The Morgan fingerprint density at radius 1 is 0.909 bits per heavy atom. The number of methoxy groups -OCH3 is 1. The van der Waals surface area contributed by atoms with Crippen molar-refractivity contribution < 1.29 is 19.0 Å². The number of hydrogen-bond acceptors (Lipinski definition) is 3. The van der Waals surface area contributed by atoms with Gasteiger partial charge in [-0.3, -0.25) is 0 Å². The van der Waals surface area contributed by atoms with E-state index in [1.54, 1.807) is 13.2 Å². The number of rotatable bonds is 7. The molecular weight excluding hydrogens is 417 g/mol. The van der Waals surface area contributed by atoms with Crippen molar-refractivity contribution in [2.24, 2.45) is 0 Å². The molecule has 2 atom stereocenters. The molecule has 0 amide bonds. The van der Waals surface area contributed by atoms with Gasteiger partial charge in [0.05, 0.1) is 12.7 Å². The van der Waals surface area contributed by atoms with E-state index in [2.05, 4.69) is 37.4 Å². The fourth-order valence-electron chi connectivity index (χ4n) is 4.16. The topological polar surface area (TPSA) is 58.6 Å². The van der Waals surface area contributed by atoms with Gasteiger partial charge in [0.15, 0.2) is 0 Å². The van der Waals surface area contributed by atoms with E-state index in [0.29, 0.717) is 5.56 Å². The number of aromatic carboxylic acids is 1. The van der Waals surface area contributed by atoms with Crippen LogP contribution < -0.4 is 10.1 Å². The smallest absolute Gasteiger partial charge is 0.338 e. The molecule has 0 spiro atoms. The zero-order valence-electron chi connectivity index (χ0n) is 18.8. The van der Waals surface area contributed by atoms with Crippen molar-refractivity contribution in [3.63, 3.8) is 0 Å². The molecule has 0 aliphatic carbocycles. The lowest BCUT2D eigenvalue weighted by atomic mass is 9.92. The lowest BCUT2D eigenvalue weighted by Gasteiger charge is -2.22. The zero-order chi connectivity index (χ0) is 23.5. The van der Waals surface area contributed by atoms with E-state index in [-0.39, 0.29) is 17.6 Å². The van der Waals surface area contributed by atoms with Gasteiger partial charge < -0.3 is 15.2 Å². The average molecular weight is 444 g/mol. The van der Waals surface area contributed by atoms with Crippen LogP contribution in [0, 0.1) is 5.82 Å². The number of benzene rings is 4. The van der Waals surface area contributed by atoms with Crippen molar-refractivity contribution in [1.29, 1.82) is 0 Å². The largest absolute Gasteiger partial charge is 0.497 e. The molecule has 0 bridgehead atoms. The highest BCUT2D eigenvalue weighted by molar-refractivity contribution is 5.99. The summed E-state index contributed by atoms with van der Waals surface area (Å²) in [6, 6.07) is 24.4. The molecule has 0 radical (unpaired) electrons. The summed E-state index contributed by atoms with van der Waals surface area (Å²) in [4.78, 5) is 11.5. The number of fused-ring (bicyclic) bond motifs is 1. The minimum atomic E-state index is -1.28. The second-order valence-corrected chi connectivity index (χ2v) is 8.18. The summed E-state index contributed by atoms with van der Waals surface area (Å²) >= 11 is 0. The summed E-state index contributed by atoms with van der Waals surface area (Å²) < 4.78 is 19.4. The van der Waals surface area contributed by atoms with Gasteiger partial charge in [0.2, 0.25) is 0 Å². The highest BCUT2D eigenvalue weighted by Gasteiger charge is 2.17. The molecule has 0 aromatic heterocycles. The van der Waals surface area contributed by atoms with Gasteiger partial charge in [-0.05, 0) is 83.3 Å². The van der Waals surface area contributed by atoms with Crippen LogP contribution in [0.4, 0.5) is 4.39 Å². The molecule has 0 aliphatic heterocycles. The van der Waals surface area contributed by atoms with E-state index in [4.69, 9.17) is 4.74 Å². The van der Waals surface area contributed by atoms with Crippen molar-refractivity contribution in [3.05, 3.63) is 101 Å². The first kappa shape index (κ1) is 22.5. The van der Waals surface area contributed by atoms with Crippen LogP contribution in [0.1, 0.15) is 47.4 Å². The second kappa shape index (κ2) is 9.43. The van der Waals surface area contributed by atoms with Gasteiger partial charge in [0, 0.05) is 12.1 Å². The van der Waals surface area contributed by atoms with Crippen molar-refractivity contribution in [3.8, 4) is 16.9 Å². The molecule has 0 saturated heterocycles. The number of halogens is 1. The number of ether oxygens (including phenoxy) is 1. The number of carboxylic acids is 1. The maximum atomic E-state index is 14.0. The van der Waals surface area contributed by atoms with E-state index < -0.39 is 11.8 Å². The maximum absolute atomic E-state index is 14.0. The summed E-state index contributed by atoms with van der Waals surface area (Å²) in [5.41, 5.74) is 3.37. The molecule has 4 rings (SSSR count). The lowest BCUT2D eigenvalue weighted by Crippen LogP contribution is -2.22. The Morgan fingerprint density at radius 3 is 2.42 bits per heavy atom. The molecular formula is C28H26FNO3. The fraction of sp³-hybridized carbons (Fsp3) is 0.179. The lowest BCUT2D eigenvalue weighted by molar-refractivity contribution is 0.0692. The quantitative estimate of drug-likeness (QED) is 0.331. The van der Waals surface area contributed by atoms with Crippen molar-refractivity contribution >= 4 is 16.7 Å². The van der Waals surface area contributed by atoms with Gasteiger partial charge in [0.25, 0.3) is 0 Å². The Hall–Kier alpha value is -3.70. The molecule has 0 fully saturated rings. The molecule has 2 N–H and O–H groups in total.